The molecule has 0 saturated carbocycles. The molecule has 0 spiro atoms. The maximum atomic E-state index is 13.1. The number of benzene rings is 2. The van der Waals surface area contributed by atoms with Gasteiger partial charge in [0.15, 0.2) is 5.82 Å². The van der Waals surface area contributed by atoms with Crippen LogP contribution >= 0.6 is 0 Å². The number of rotatable bonds is 3. The number of nitrogens with zero attached hydrogens (tertiary/aromatic N) is 4. The van der Waals surface area contributed by atoms with Crippen LogP contribution < -0.4 is 5.73 Å². The summed E-state index contributed by atoms with van der Waals surface area (Å²) in [5.74, 6) is 1.09. The minimum Gasteiger partial charge on any atom is -0.382 e. The molecule has 5 rings (SSSR count). The number of imidazole rings is 1. The van der Waals surface area contributed by atoms with E-state index in [1.54, 1.807) is 27.6 Å². The van der Waals surface area contributed by atoms with Crippen LogP contribution in [-0.4, -0.2) is 24.3 Å². The Morgan fingerprint density at radius 1 is 1.11 bits per heavy atom. The first-order chi connectivity index (χ1) is 13.6. The fourth-order valence-electron chi connectivity index (χ4n) is 3.29. The van der Waals surface area contributed by atoms with E-state index >= 15 is 0 Å². The number of aryl methyl sites for hydroxylation is 1. The lowest BCUT2D eigenvalue weighted by molar-refractivity contribution is 0.628. The highest BCUT2D eigenvalue weighted by Gasteiger charge is 2.13. The Balaban J connectivity index is 1.52. The maximum absolute atomic E-state index is 13.1. The largest absolute Gasteiger partial charge is 0.382 e. The fourth-order valence-corrected chi connectivity index (χ4v) is 3.29. The second-order valence-electron chi connectivity index (χ2n) is 6.59. The summed E-state index contributed by atoms with van der Waals surface area (Å²) in [7, 11) is 0. The summed E-state index contributed by atoms with van der Waals surface area (Å²) < 4.78 is 16.6. The monoisotopic (exact) mass is 371 g/mol. The first-order valence-electron chi connectivity index (χ1n) is 8.75. The van der Waals surface area contributed by atoms with E-state index in [0.717, 1.165) is 33.7 Å². The van der Waals surface area contributed by atoms with Gasteiger partial charge in [0.1, 0.15) is 17.3 Å². The quantitative estimate of drug-likeness (QED) is 0.502. The van der Waals surface area contributed by atoms with Crippen molar-refractivity contribution in [2.75, 3.05) is 5.73 Å². The van der Waals surface area contributed by atoms with Crippen LogP contribution in [-0.2, 0) is 0 Å². The summed E-state index contributed by atoms with van der Waals surface area (Å²) in [6, 6.07) is 14.0. The third-order valence-electron chi connectivity index (χ3n) is 4.68. The molecule has 0 unspecified atom stereocenters. The first kappa shape index (κ1) is 16.3. The van der Waals surface area contributed by atoms with Gasteiger partial charge in [-0.2, -0.15) is 5.10 Å². The molecule has 2 aromatic carbocycles. The average Bonchev–Trinajstić information content (AvgIpc) is 3.39. The van der Waals surface area contributed by atoms with Crippen LogP contribution in [0.2, 0.25) is 0 Å². The van der Waals surface area contributed by atoms with Gasteiger partial charge in [-0.3, -0.25) is 0 Å². The number of nitrogens with one attached hydrogen (secondary N) is 1. The lowest BCUT2D eigenvalue weighted by atomic mass is 10.1. The average molecular weight is 371 g/mol. The van der Waals surface area contributed by atoms with E-state index in [1.165, 1.54) is 12.1 Å². The summed E-state index contributed by atoms with van der Waals surface area (Å²) in [6.07, 6.45) is 6.73. The Labute approximate surface area is 160 Å². The van der Waals surface area contributed by atoms with Crippen LogP contribution in [0.3, 0.4) is 0 Å². The van der Waals surface area contributed by atoms with Crippen LogP contribution in [0.4, 0.5) is 10.2 Å². The molecule has 5 aromatic rings. The van der Waals surface area contributed by atoms with E-state index < -0.39 is 0 Å². The van der Waals surface area contributed by atoms with Crippen molar-refractivity contribution in [2.24, 2.45) is 0 Å². The Morgan fingerprint density at radius 2 is 1.93 bits per heavy atom. The number of nitrogen functional groups attached to an aromatic ring is 1. The molecule has 3 N–H and O–H groups in total. The summed E-state index contributed by atoms with van der Waals surface area (Å²) in [5, 5.41) is 4.43. The Morgan fingerprint density at radius 3 is 2.75 bits per heavy atom. The minimum atomic E-state index is -0.262. The number of halogens is 1. The highest BCUT2D eigenvalue weighted by Crippen LogP contribution is 2.26. The molecule has 0 amide bonds. The Kier molecular flexibility index (Phi) is 3.55. The molecule has 0 aliphatic rings. The van der Waals surface area contributed by atoms with Crippen molar-refractivity contribution >= 4 is 16.9 Å². The summed E-state index contributed by atoms with van der Waals surface area (Å²) >= 11 is 0. The molecule has 1 radical (unpaired) electrons. The van der Waals surface area contributed by atoms with E-state index in [0.29, 0.717) is 11.5 Å². The van der Waals surface area contributed by atoms with Crippen LogP contribution in [0.5, 0.6) is 0 Å². The molecule has 7 heteroatoms. The molecule has 0 saturated heterocycles. The predicted octanol–water partition coefficient (Wildman–Crippen LogP) is 4.04. The van der Waals surface area contributed by atoms with E-state index in [2.05, 4.69) is 21.3 Å². The first-order valence-corrected chi connectivity index (χ1v) is 8.75. The van der Waals surface area contributed by atoms with Gasteiger partial charge in [-0.15, -0.1) is 0 Å². The van der Waals surface area contributed by atoms with Crippen LogP contribution in [0.25, 0.3) is 33.5 Å². The number of anilines is 1. The molecule has 0 aliphatic heterocycles. The smallest absolute Gasteiger partial charge is 0.151 e. The van der Waals surface area contributed by atoms with Crippen molar-refractivity contribution in [3.63, 3.8) is 0 Å². The highest BCUT2D eigenvalue weighted by atomic mass is 19.1. The van der Waals surface area contributed by atoms with Crippen molar-refractivity contribution in [3.05, 3.63) is 78.8 Å². The SMILES string of the molecule is Cc1nc2cc(-n3ncc(-n4[c]cc(-c5ccc(F)cc5)c4)c3N)ccc2[nH]1. The highest BCUT2D eigenvalue weighted by molar-refractivity contribution is 5.78. The normalized spacial score (nSPS) is 11.4. The van der Waals surface area contributed by atoms with Crippen LogP contribution in [0, 0.1) is 18.9 Å². The number of H-pyrrole nitrogens is 1. The van der Waals surface area contributed by atoms with Gasteiger partial charge in [-0.25, -0.2) is 14.1 Å². The van der Waals surface area contributed by atoms with Gasteiger partial charge in [0.2, 0.25) is 0 Å². The van der Waals surface area contributed by atoms with Gasteiger partial charge in [-0.05, 0) is 48.9 Å². The van der Waals surface area contributed by atoms with Gasteiger partial charge in [0.05, 0.1) is 29.1 Å². The summed E-state index contributed by atoms with van der Waals surface area (Å²) in [4.78, 5) is 7.66. The van der Waals surface area contributed by atoms with Crippen molar-refractivity contribution in [3.8, 4) is 22.5 Å². The zero-order valence-electron chi connectivity index (χ0n) is 15.0. The van der Waals surface area contributed by atoms with Crippen molar-refractivity contribution < 1.29 is 4.39 Å². The standard InChI is InChI=1S/C21H16FN6/c1-13-25-18-7-6-17(10-19(18)26-13)28-21(23)20(11-24-28)27-9-8-15(12-27)14-2-4-16(22)5-3-14/h2-8,10-12H,23H2,1H3,(H,25,26). The Bertz CT molecular complexity index is 1290. The predicted molar refractivity (Wildman–Crippen MR) is 106 cm³/mol. The fraction of sp³-hybridized carbons (Fsp3) is 0.0476. The molecule has 3 aromatic heterocycles. The second-order valence-corrected chi connectivity index (χ2v) is 6.59. The molecule has 3 heterocycles. The lowest BCUT2D eigenvalue weighted by Gasteiger charge is -2.06. The van der Waals surface area contributed by atoms with E-state index in [1.807, 2.05) is 37.4 Å². The number of aromatic nitrogens is 5. The molecule has 0 atom stereocenters. The Hall–Kier alpha value is -3.87. The van der Waals surface area contributed by atoms with E-state index in [9.17, 15) is 4.39 Å². The van der Waals surface area contributed by atoms with Crippen LogP contribution in [0.1, 0.15) is 5.82 Å². The maximum Gasteiger partial charge on any atom is 0.151 e. The van der Waals surface area contributed by atoms with Gasteiger partial charge in [0.25, 0.3) is 0 Å². The number of aromatic amines is 1. The van der Waals surface area contributed by atoms with Crippen molar-refractivity contribution in [1.82, 2.24) is 24.3 Å². The van der Waals surface area contributed by atoms with Gasteiger partial charge in [0, 0.05) is 11.8 Å². The molecule has 137 valence electrons. The van der Waals surface area contributed by atoms with E-state index in [4.69, 9.17) is 5.73 Å². The molecular weight excluding hydrogens is 355 g/mol. The van der Waals surface area contributed by atoms with Gasteiger partial charge >= 0.3 is 0 Å². The van der Waals surface area contributed by atoms with Gasteiger partial charge in [-0.1, -0.05) is 12.1 Å². The third kappa shape index (κ3) is 2.64. The van der Waals surface area contributed by atoms with Crippen molar-refractivity contribution in [2.45, 2.75) is 6.92 Å². The topological polar surface area (TPSA) is 77.4 Å². The third-order valence-corrected chi connectivity index (χ3v) is 4.68. The number of hydrogen-bond donors (Lipinski definition) is 2. The zero-order valence-corrected chi connectivity index (χ0v) is 15.0. The molecular formula is C21H16FN6. The lowest BCUT2D eigenvalue weighted by Crippen LogP contribution is -2.03. The summed E-state index contributed by atoms with van der Waals surface area (Å²) in [5.41, 5.74) is 11.6. The number of nitrogens with two attached hydrogens (primary N) is 1. The van der Waals surface area contributed by atoms with Crippen molar-refractivity contribution in [1.29, 1.82) is 0 Å². The summed E-state index contributed by atoms with van der Waals surface area (Å²) in [6.45, 7) is 1.92. The van der Waals surface area contributed by atoms with Crippen LogP contribution in [0.15, 0.2) is 60.9 Å². The zero-order chi connectivity index (χ0) is 19.3. The number of hydrogen-bond acceptors (Lipinski definition) is 3. The molecule has 0 aliphatic carbocycles. The number of fused-ring (bicyclic) bond motifs is 1. The molecule has 0 fully saturated rings. The second kappa shape index (κ2) is 6.09. The molecule has 0 bridgehead atoms. The van der Waals surface area contributed by atoms with Gasteiger partial charge < -0.3 is 15.3 Å². The molecule has 28 heavy (non-hydrogen) atoms. The minimum absolute atomic E-state index is 0.262. The molecule has 6 nitrogen and oxygen atoms in total. The van der Waals surface area contributed by atoms with E-state index in [-0.39, 0.29) is 5.82 Å².